The fourth-order valence-electron chi connectivity index (χ4n) is 6.80. The van der Waals surface area contributed by atoms with Crippen LogP contribution >= 0.6 is 33.9 Å². The molecule has 0 aliphatic heterocycles. The first kappa shape index (κ1) is 16.7. The van der Waals surface area contributed by atoms with E-state index in [4.69, 9.17) is 4.98 Å². The highest BCUT2D eigenvalue weighted by Crippen LogP contribution is 2.65. The van der Waals surface area contributed by atoms with Gasteiger partial charge in [0.1, 0.15) is 0 Å². The monoisotopic (exact) mass is 468 g/mol. The van der Waals surface area contributed by atoms with Crippen molar-refractivity contribution in [1.82, 2.24) is 4.98 Å². The summed E-state index contributed by atoms with van der Waals surface area (Å²) in [6.07, 6.45) is 10.8. The summed E-state index contributed by atoms with van der Waals surface area (Å²) in [6.45, 7) is 4.89. The van der Waals surface area contributed by atoms with Gasteiger partial charge in [-0.3, -0.25) is 0 Å². The number of oxime groups is 1. The van der Waals surface area contributed by atoms with Crippen LogP contribution in [-0.2, 0) is 6.42 Å². The molecule has 1 aromatic heterocycles. The Morgan fingerprint density at radius 2 is 2.00 bits per heavy atom. The van der Waals surface area contributed by atoms with Gasteiger partial charge in [0, 0.05) is 5.41 Å². The molecule has 0 aromatic carbocycles. The van der Waals surface area contributed by atoms with Gasteiger partial charge in [0.25, 0.3) is 0 Å². The molecule has 2 fully saturated rings. The molecule has 0 amide bonds. The van der Waals surface area contributed by atoms with E-state index in [1.54, 1.807) is 5.57 Å². The molecular formula is C20H25IN2OS. The number of halogens is 1. The molecule has 1 heterocycles. The van der Waals surface area contributed by atoms with Gasteiger partial charge in [0.15, 0.2) is 3.01 Å². The van der Waals surface area contributed by atoms with Crippen molar-refractivity contribution in [3.63, 3.8) is 0 Å². The van der Waals surface area contributed by atoms with Gasteiger partial charge in [-0.2, -0.15) is 0 Å². The van der Waals surface area contributed by atoms with Crippen LogP contribution in [-0.4, -0.2) is 15.9 Å². The summed E-state index contributed by atoms with van der Waals surface area (Å²) in [4.78, 5) is 6.26. The lowest BCUT2D eigenvalue weighted by Crippen LogP contribution is -2.49. The molecule has 4 aliphatic carbocycles. The Kier molecular flexibility index (Phi) is 3.70. The van der Waals surface area contributed by atoms with Crippen LogP contribution < -0.4 is 0 Å². The second kappa shape index (κ2) is 5.54. The maximum absolute atomic E-state index is 9.49. The zero-order valence-corrected chi connectivity index (χ0v) is 17.9. The van der Waals surface area contributed by atoms with E-state index >= 15 is 0 Å². The molecule has 4 aliphatic rings. The van der Waals surface area contributed by atoms with E-state index in [-0.39, 0.29) is 5.41 Å². The number of allylic oxidation sites excluding steroid dienone is 2. The van der Waals surface area contributed by atoms with E-state index in [1.165, 1.54) is 45.7 Å². The Balaban J connectivity index is 1.57. The molecule has 1 aromatic rings. The second-order valence-electron chi connectivity index (χ2n) is 8.93. The number of rotatable bonds is 0. The number of nitrogens with zero attached hydrogens (tertiary/aromatic N) is 2. The van der Waals surface area contributed by atoms with Gasteiger partial charge in [-0.1, -0.05) is 25.1 Å². The van der Waals surface area contributed by atoms with Crippen LogP contribution in [0.2, 0.25) is 0 Å². The van der Waals surface area contributed by atoms with Crippen molar-refractivity contribution < 1.29 is 5.21 Å². The average molecular weight is 468 g/mol. The molecule has 5 heteroatoms. The Bertz CT molecular complexity index is 800. The van der Waals surface area contributed by atoms with Crippen molar-refractivity contribution in [3.05, 3.63) is 19.7 Å². The van der Waals surface area contributed by atoms with Gasteiger partial charge in [-0.15, -0.1) is 11.3 Å². The van der Waals surface area contributed by atoms with Crippen LogP contribution in [0.1, 0.15) is 62.9 Å². The number of aromatic nitrogens is 1. The lowest BCUT2D eigenvalue weighted by Gasteiger charge is -2.56. The predicted octanol–water partition coefficient (Wildman–Crippen LogP) is 5.76. The molecule has 134 valence electrons. The molecular weight excluding hydrogens is 443 g/mol. The number of thiazole rings is 1. The van der Waals surface area contributed by atoms with Crippen molar-refractivity contribution in [3.8, 4) is 0 Å². The summed E-state index contributed by atoms with van der Waals surface area (Å²) in [5, 5.41) is 13.2. The fourth-order valence-corrected chi connectivity index (χ4v) is 8.77. The minimum Gasteiger partial charge on any atom is -0.411 e. The maximum Gasteiger partial charge on any atom is 0.154 e. The third kappa shape index (κ3) is 2.14. The van der Waals surface area contributed by atoms with Crippen molar-refractivity contribution in [2.75, 3.05) is 0 Å². The lowest BCUT2D eigenvalue weighted by atomic mass is 9.48. The minimum absolute atomic E-state index is 0.136. The van der Waals surface area contributed by atoms with E-state index < -0.39 is 0 Å². The van der Waals surface area contributed by atoms with Crippen LogP contribution in [0.5, 0.6) is 0 Å². The van der Waals surface area contributed by atoms with Crippen LogP contribution in [0.4, 0.5) is 0 Å². The Hall–Kier alpha value is -0.430. The summed E-state index contributed by atoms with van der Waals surface area (Å²) >= 11 is 4.27. The largest absolute Gasteiger partial charge is 0.411 e. The third-order valence-corrected chi connectivity index (χ3v) is 9.94. The first-order chi connectivity index (χ1) is 12.0. The summed E-state index contributed by atoms with van der Waals surface area (Å²) in [7, 11) is 0. The molecule has 3 nitrogen and oxygen atoms in total. The normalized spacial score (nSPS) is 43.9. The number of hydrogen-bond donors (Lipinski definition) is 1. The molecule has 2 saturated carbocycles. The highest BCUT2D eigenvalue weighted by molar-refractivity contribution is 14.1. The molecule has 0 unspecified atom stereocenters. The van der Waals surface area contributed by atoms with E-state index in [2.05, 4.69) is 47.7 Å². The average Bonchev–Trinajstić information content (AvgIpc) is 3.13. The van der Waals surface area contributed by atoms with E-state index in [0.717, 1.165) is 30.4 Å². The first-order valence-electron chi connectivity index (χ1n) is 9.55. The smallest absolute Gasteiger partial charge is 0.154 e. The van der Waals surface area contributed by atoms with Crippen LogP contribution in [0.15, 0.2) is 11.2 Å². The third-order valence-electron chi connectivity index (χ3n) is 8.12. The molecule has 0 saturated heterocycles. The van der Waals surface area contributed by atoms with Gasteiger partial charge in [0.05, 0.1) is 16.3 Å². The predicted molar refractivity (Wildman–Crippen MR) is 110 cm³/mol. The second-order valence-corrected chi connectivity index (χ2v) is 11.7. The van der Waals surface area contributed by atoms with E-state index in [1.807, 2.05) is 11.3 Å². The molecule has 5 rings (SSSR count). The summed E-state index contributed by atoms with van der Waals surface area (Å²) in [5.41, 5.74) is 4.46. The Labute approximate surface area is 167 Å². The van der Waals surface area contributed by atoms with Crippen molar-refractivity contribution in [2.24, 2.45) is 33.7 Å². The Morgan fingerprint density at radius 1 is 1.20 bits per heavy atom. The first-order valence-corrected chi connectivity index (χ1v) is 11.4. The molecule has 5 atom stereocenters. The number of fused-ring (bicyclic) bond motifs is 7. The van der Waals surface area contributed by atoms with Gasteiger partial charge in [-0.25, -0.2) is 4.98 Å². The number of aryl methyl sites for hydroxylation is 1. The van der Waals surface area contributed by atoms with Crippen molar-refractivity contribution in [2.45, 2.75) is 58.8 Å². The number of hydrogen-bond acceptors (Lipinski definition) is 4. The quantitative estimate of drug-likeness (QED) is 0.299. The molecule has 1 N–H and O–H groups in total. The summed E-state index contributed by atoms with van der Waals surface area (Å²) in [5.74, 6) is 2.21. The van der Waals surface area contributed by atoms with Gasteiger partial charge in [0.2, 0.25) is 0 Å². The molecule has 25 heavy (non-hydrogen) atoms. The molecule has 0 bridgehead atoms. The van der Waals surface area contributed by atoms with Gasteiger partial charge >= 0.3 is 0 Å². The van der Waals surface area contributed by atoms with Crippen molar-refractivity contribution in [1.29, 1.82) is 0 Å². The SMILES string of the molecule is C[C@]12CCc3nc(I)sc3C1=CC[C@@H]1[C@@H]2CC[C@]2(C)/C(=N/O)CC[C@@H]12. The van der Waals surface area contributed by atoms with E-state index in [9.17, 15) is 5.21 Å². The molecule has 0 radical (unpaired) electrons. The maximum atomic E-state index is 9.49. The zero-order valence-electron chi connectivity index (χ0n) is 14.9. The highest BCUT2D eigenvalue weighted by atomic mass is 127. The standard InChI is InChI=1S/C20H25IN2OS/c1-19-10-8-15-17(25-18(21)22-15)14(19)4-3-11-12-5-6-16(23-24)20(12,2)9-7-13(11)19/h4,11-13,24H,3,5-10H2,1-2H3/b23-16+/t11-,12-,13-,19+,20-/m0/s1. The lowest BCUT2D eigenvalue weighted by molar-refractivity contribution is 0.0110. The Morgan fingerprint density at radius 3 is 2.80 bits per heavy atom. The van der Waals surface area contributed by atoms with Crippen LogP contribution in [0.3, 0.4) is 0 Å². The van der Waals surface area contributed by atoms with Crippen LogP contribution in [0, 0.1) is 31.6 Å². The van der Waals surface area contributed by atoms with Gasteiger partial charge in [-0.05, 0) is 96.3 Å². The van der Waals surface area contributed by atoms with E-state index in [0.29, 0.717) is 11.3 Å². The summed E-state index contributed by atoms with van der Waals surface area (Å²) in [6, 6.07) is 0. The fraction of sp³-hybridized carbons (Fsp3) is 0.700. The van der Waals surface area contributed by atoms with Crippen molar-refractivity contribution >= 4 is 45.2 Å². The minimum atomic E-state index is 0.136. The highest BCUT2D eigenvalue weighted by Gasteiger charge is 2.58. The van der Waals surface area contributed by atoms with Gasteiger partial charge < -0.3 is 5.21 Å². The zero-order chi connectivity index (χ0) is 17.4. The summed E-state index contributed by atoms with van der Waals surface area (Å²) < 4.78 is 1.19. The topological polar surface area (TPSA) is 45.5 Å². The van der Waals surface area contributed by atoms with Crippen LogP contribution in [0.25, 0.3) is 5.57 Å². The molecule has 0 spiro atoms.